The second-order valence-electron chi connectivity index (χ2n) is 4.40. The largest absolute Gasteiger partial charge is 0.493 e. The van der Waals surface area contributed by atoms with E-state index in [-0.39, 0.29) is 5.91 Å². The third-order valence-corrected chi connectivity index (χ3v) is 3.00. The molecule has 1 amide bonds. The molecule has 0 aliphatic rings. The molecule has 0 saturated heterocycles. The third kappa shape index (κ3) is 3.86. The first kappa shape index (κ1) is 15.3. The molecule has 5 nitrogen and oxygen atoms in total. The monoisotopic (exact) mass is 266 g/mol. The van der Waals surface area contributed by atoms with Gasteiger partial charge in [0.1, 0.15) is 0 Å². The first-order valence-corrected chi connectivity index (χ1v) is 6.24. The summed E-state index contributed by atoms with van der Waals surface area (Å²) in [7, 11) is 4.92. The number of methoxy groups -OCH3 is 2. The van der Waals surface area contributed by atoms with Gasteiger partial charge in [-0.1, -0.05) is 13.0 Å². The number of carbonyl (C=O) groups excluding carboxylic acids is 1. The van der Waals surface area contributed by atoms with Crippen LogP contribution in [-0.2, 0) is 11.3 Å². The summed E-state index contributed by atoms with van der Waals surface area (Å²) < 4.78 is 10.4. The van der Waals surface area contributed by atoms with Crippen LogP contribution >= 0.6 is 0 Å². The predicted octanol–water partition coefficient (Wildman–Crippen LogP) is 1.40. The van der Waals surface area contributed by atoms with Crippen LogP contribution in [0.25, 0.3) is 0 Å². The molecule has 19 heavy (non-hydrogen) atoms. The van der Waals surface area contributed by atoms with Gasteiger partial charge in [-0.3, -0.25) is 4.79 Å². The Morgan fingerprint density at radius 2 is 1.95 bits per heavy atom. The van der Waals surface area contributed by atoms with Crippen LogP contribution in [0.2, 0.25) is 0 Å². The molecule has 0 heterocycles. The fourth-order valence-electron chi connectivity index (χ4n) is 1.79. The summed E-state index contributed by atoms with van der Waals surface area (Å²) in [5.74, 6) is 1.27. The smallest absolute Gasteiger partial charge is 0.239 e. The number of hydrogen-bond donors (Lipinski definition) is 1. The Morgan fingerprint density at radius 3 is 2.47 bits per heavy atom. The lowest BCUT2D eigenvalue weighted by molar-refractivity contribution is -0.131. The van der Waals surface area contributed by atoms with Crippen LogP contribution in [0.15, 0.2) is 18.2 Å². The summed E-state index contributed by atoms with van der Waals surface area (Å²) in [6.45, 7) is 2.39. The Kier molecular flexibility index (Phi) is 5.63. The van der Waals surface area contributed by atoms with Crippen molar-refractivity contribution in [2.75, 3.05) is 21.3 Å². The molecule has 106 valence electrons. The van der Waals surface area contributed by atoms with Gasteiger partial charge in [0.25, 0.3) is 0 Å². The molecule has 2 N–H and O–H groups in total. The molecule has 0 aliphatic carbocycles. The Labute approximate surface area is 114 Å². The van der Waals surface area contributed by atoms with Gasteiger partial charge in [-0.25, -0.2) is 0 Å². The average Bonchev–Trinajstić information content (AvgIpc) is 2.45. The van der Waals surface area contributed by atoms with Gasteiger partial charge in [-0.15, -0.1) is 0 Å². The van der Waals surface area contributed by atoms with Crippen LogP contribution in [-0.4, -0.2) is 38.1 Å². The van der Waals surface area contributed by atoms with Gasteiger partial charge in [-0.05, 0) is 24.1 Å². The lowest BCUT2D eigenvalue weighted by Crippen LogP contribution is -2.40. The average molecular weight is 266 g/mol. The fourth-order valence-corrected chi connectivity index (χ4v) is 1.79. The highest BCUT2D eigenvalue weighted by atomic mass is 16.5. The number of ether oxygens (including phenoxy) is 2. The third-order valence-electron chi connectivity index (χ3n) is 3.00. The zero-order chi connectivity index (χ0) is 14.4. The summed E-state index contributed by atoms with van der Waals surface area (Å²) in [5.41, 5.74) is 6.71. The SMILES string of the molecule is CCC(N)C(=O)N(C)Cc1ccc(OC)c(OC)c1. The minimum absolute atomic E-state index is 0.0581. The molecule has 0 saturated carbocycles. The first-order chi connectivity index (χ1) is 9.03. The first-order valence-electron chi connectivity index (χ1n) is 6.24. The predicted molar refractivity (Wildman–Crippen MR) is 74.3 cm³/mol. The van der Waals surface area contributed by atoms with Crippen LogP contribution < -0.4 is 15.2 Å². The van der Waals surface area contributed by atoms with Crippen LogP contribution in [0.1, 0.15) is 18.9 Å². The van der Waals surface area contributed by atoms with Gasteiger partial charge in [-0.2, -0.15) is 0 Å². The number of benzene rings is 1. The Morgan fingerprint density at radius 1 is 1.32 bits per heavy atom. The number of likely N-dealkylation sites (N-methyl/N-ethyl adjacent to an activating group) is 1. The van der Waals surface area contributed by atoms with E-state index in [0.29, 0.717) is 24.5 Å². The molecule has 1 aromatic rings. The normalized spacial score (nSPS) is 11.8. The van der Waals surface area contributed by atoms with Gasteiger partial charge >= 0.3 is 0 Å². The lowest BCUT2D eigenvalue weighted by atomic mass is 10.1. The van der Waals surface area contributed by atoms with Gasteiger partial charge in [0.2, 0.25) is 5.91 Å². The Balaban J connectivity index is 2.79. The number of carbonyl (C=O) groups is 1. The number of nitrogens with two attached hydrogens (primary N) is 1. The Bertz CT molecular complexity index is 435. The van der Waals surface area contributed by atoms with Gasteiger partial charge in [0, 0.05) is 13.6 Å². The zero-order valence-corrected chi connectivity index (χ0v) is 12.0. The van der Waals surface area contributed by atoms with Crippen molar-refractivity contribution in [2.45, 2.75) is 25.9 Å². The molecular formula is C14H22N2O3. The number of rotatable bonds is 6. The highest BCUT2D eigenvalue weighted by Crippen LogP contribution is 2.27. The van der Waals surface area contributed by atoms with Gasteiger partial charge < -0.3 is 20.1 Å². The van der Waals surface area contributed by atoms with E-state index in [1.54, 1.807) is 26.2 Å². The van der Waals surface area contributed by atoms with Crippen LogP contribution in [0.3, 0.4) is 0 Å². The number of hydrogen-bond acceptors (Lipinski definition) is 4. The molecule has 0 aromatic heterocycles. The van der Waals surface area contributed by atoms with Crippen molar-refractivity contribution < 1.29 is 14.3 Å². The van der Waals surface area contributed by atoms with Crippen molar-refractivity contribution in [3.63, 3.8) is 0 Å². The van der Waals surface area contributed by atoms with Crippen LogP contribution in [0.4, 0.5) is 0 Å². The molecule has 1 atom stereocenters. The quantitative estimate of drug-likeness (QED) is 0.845. The van der Waals surface area contributed by atoms with Gasteiger partial charge in [0.15, 0.2) is 11.5 Å². The topological polar surface area (TPSA) is 64.8 Å². The van der Waals surface area contributed by atoms with E-state index in [0.717, 1.165) is 5.56 Å². The highest BCUT2D eigenvalue weighted by Gasteiger charge is 2.16. The van der Waals surface area contributed by atoms with Crippen LogP contribution in [0.5, 0.6) is 11.5 Å². The maximum Gasteiger partial charge on any atom is 0.239 e. The summed E-state index contributed by atoms with van der Waals surface area (Å²) >= 11 is 0. The molecule has 0 radical (unpaired) electrons. The fraction of sp³-hybridized carbons (Fsp3) is 0.500. The molecule has 5 heteroatoms. The van der Waals surface area contributed by atoms with Crippen molar-refractivity contribution >= 4 is 5.91 Å². The van der Waals surface area contributed by atoms with E-state index in [4.69, 9.17) is 15.2 Å². The summed E-state index contributed by atoms with van der Waals surface area (Å²) in [6.07, 6.45) is 0.634. The maximum atomic E-state index is 11.9. The second kappa shape index (κ2) is 6.99. The standard InChI is InChI=1S/C14H22N2O3/c1-5-11(15)14(17)16(2)9-10-6-7-12(18-3)13(8-10)19-4/h6-8,11H,5,9,15H2,1-4H3. The number of amides is 1. The molecule has 1 rings (SSSR count). The summed E-state index contributed by atoms with van der Waals surface area (Å²) in [5, 5.41) is 0. The molecule has 0 fully saturated rings. The summed E-state index contributed by atoms with van der Waals surface area (Å²) in [4.78, 5) is 13.5. The van der Waals surface area contributed by atoms with Crippen molar-refractivity contribution in [1.29, 1.82) is 0 Å². The van der Waals surface area contributed by atoms with E-state index in [1.165, 1.54) is 0 Å². The van der Waals surface area contributed by atoms with Gasteiger partial charge in [0.05, 0.1) is 20.3 Å². The zero-order valence-electron chi connectivity index (χ0n) is 12.0. The van der Waals surface area contributed by atoms with Crippen molar-refractivity contribution in [1.82, 2.24) is 4.90 Å². The van der Waals surface area contributed by atoms with Crippen LogP contribution in [0, 0.1) is 0 Å². The van der Waals surface area contributed by atoms with Crippen molar-refractivity contribution in [3.8, 4) is 11.5 Å². The highest BCUT2D eigenvalue weighted by molar-refractivity contribution is 5.81. The van der Waals surface area contributed by atoms with E-state index >= 15 is 0 Å². The molecule has 0 bridgehead atoms. The minimum Gasteiger partial charge on any atom is -0.493 e. The van der Waals surface area contributed by atoms with E-state index in [9.17, 15) is 4.79 Å². The second-order valence-corrected chi connectivity index (χ2v) is 4.40. The Hall–Kier alpha value is -1.75. The van der Waals surface area contributed by atoms with Crippen molar-refractivity contribution in [2.24, 2.45) is 5.73 Å². The molecule has 0 spiro atoms. The molecule has 1 aromatic carbocycles. The number of nitrogens with zero attached hydrogens (tertiary/aromatic N) is 1. The lowest BCUT2D eigenvalue weighted by Gasteiger charge is -2.21. The van der Waals surface area contributed by atoms with E-state index < -0.39 is 6.04 Å². The van der Waals surface area contributed by atoms with E-state index in [2.05, 4.69) is 0 Å². The molecule has 0 aliphatic heterocycles. The molecular weight excluding hydrogens is 244 g/mol. The maximum absolute atomic E-state index is 11.9. The minimum atomic E-state index is -0.440. The van der Waals surface area contributed by atoms with E-state index in [1.807, 2.05) is 25.1 Å². The summed E-state index contributed by atoms with van der Waals surface area (Å²) in [6, 6.07) is 5.15. The molecule has 1 unspecified atom stereocenters. The van der Waals surface area contributed by atoms with Crippen molar-refractivity contribution in [3.05, 3.63) is 23.8 Å².